The Morgan fingerprint density at radius 1 is 1.13 bits per heavy atom. The molecule has 1 aliphatic heterocycles. The first-order valence-corrected chi connectivity index (χ1v) is 15.7. The van der Waals surface area contributed by atoms with E-state index in [2.05, 4.69) is 33.4 Å². The molecule has 9 N–H and O–H groups in total. The summed E-state index contributed by atoms with van der Waals surface area (Å²) >= 11 is 0. The Labute approximate surface area is 214 Å². The fourth-order valence-corrected chi connectivity index (χ4v) is 6.64. The lowest BCUT2D eigenvalue weighted by molar-refractivity contribution is -0.0423. The molecule has 5 atom stereocenters. The van der Waals surface area contributed by atoms with Crippen LogP contribution < -0.4 is 16.7 Å². The molecule has 1 saturated heterocycles. The fourth-order valence-electron chi connectivity index (χ4n) is 3.61. The van der Waals surface area contributed by atoms with Gasteiger partial charge in [0.15, 0.2) is 5.65 Å². The van der Waals surface area contributed by atoms with E-state index in [-0.39, 0.29) is 12.1 Å². The number of H-pyrrole nitrogens is 1. The number of rotatable bonds is 15. The standard InChI is InChI=1S/C16H29N6O13P3/c17-5-3-1-2-4-6-18-14-13-15(21-16(24)20-14)22(9-19-13)12-7-10(23)11(33-12)8-32-37(28,29)35-38(30,31)34-36(25,26)27/h9-12,23H,1-8,17H2,(H,28,29)(H,30,31)(H2,25,26,27)(H2,18,20,21,24)/t10-,11+,12+/m0/s1. The van der Waals surface area contributed by atoms with Gasteiger partial charge in [-0.05, 0) is 19.4 Å². The monoisotopic (exact) mass is 606 g/mol. The highest BCUT2D eigenvalue weighted by molar-refractivity contribution is 7.66. The summed E-state index contributed by atoms with van der Waals surface area (Å²) in [6.45, 7) is 0.354. The van der Waals surface area contributed by atoms with Gasteiger partial charge < -0.3 is 40.5 Å². The summed E-state index contributed by atoms with van der Waals surface area (Å²) in [4.78, 5) is 58.9. The van der Waals surface area contributed by atoms with Crippen molar-refractivity contribution in [2.24, 2.45) is 5.73 Å². The van der Waals surface area contributed by atoms with Crippen molar-refractivity contribution < 1.29 is 56.3 Å². The lowest BCUT2D eigenvalue weighted by Crippen LogP contribution is -2.26. The van der Waals surface area contributed by atoms with Crippen LogP contribution in [0.4, 0.5) is 5.82 Å². The van der Waals surface area contributed by atoms with Crippen LogP contribution in [0.15, 0.2) is 11.1 Å². The predicted molar refractivity (Wildman–Crippen MR) is 129 cm³/mol. The molecular weight excluding hydrogens is 577 g/mol. The van der Waals surface area contributed by atoms with Crippen LogP contribution >= 0.6 is 23.5 Å². The number of imidazole rings is 1. The lowest BCUT2D eigenvalue weighted by Gasteiger charge is -2.19. The van der Waals surface area contributed by atoms with Crippen molar-refractivity contribution in [2.75, 3.05) is 25.0 Å². The summed E-state index contributed by atoms with van der Waals surface area (Å²) in [5.74, 6) is 0.348. The van der Waals surface area contributed by atoms with E-state index < -0.39 is 54.2 Å². The number of nitrogens with two attached hydrogens (primary N) is 1. The summed E-state index contributed by atoms with van der Waals surface area (Å²) < 4.78 is 52.9. The second-order valence-electron chi connectivity index (χ2n) is 8.19. The van der Waals surface area contributed by atoms with E-state index in [1.807, 2.05) is 0 Å². The molecule has 0 amide bonds. The van der Waals surface area contributed by atoms with Gasteiger partial charge >= 0.3 is 29.2 Å². The van der Waals surface area contributed by atoms with E-state index in [1.165, 1.54) is 10.9 Å². The maximum absolute atomic E-state index is 12.1. The van der Waals surface area contributed by atoms with Crippen LogP contribution in [0, 0.1) is 0 Å². The number of hydrogen-bond acceptors (Lipinski definition) is 13. The van der Waals surface area contributed by atoms with Gasteiger partial charge in [-0.2, -0.15) is 13.6 Å². The summed E-state index contributed by atoms with van der Waals surface area (Å²) in [7, 11) is -16.6. The van der Waals surface area contributed by atoms with Crippen molar-refractivity contribution in [1.29, 1.82) is 0 Å². The third-order valence-corrected chi connectivity index (χ3v) is 9.01. The molecule has 22 heteroatoms. The average molecular weight is 606 g/mol. The number of aliphatic hydroxyl groups is 1. The number of unbranched alkanes of at least 4 members (excludes halogenated alkanes) is 3. The van der Waals surface area contributed by atoms with Gasteiger partial charge in [0.2, 0.25) is 0 Å². The number of aliphatic hydroxyl groups excluding tert-OH is 1. The molecule has 0 bridgehead atoms. The summed E-state index contributed by atoms with van der Waals surface area (Å²) in [5, 5.41) is 13.4. The third-order valence-electron chi connectivity index (χ3n) is 5.21. The van der Waals surface area contributed by atoms with Crippen molar-refractivity contribution >= 4 is 40.4 Å². The highest BCUT2D eigenvalue weighted by Crippen LogP contribution is 2.66. The smallest absolute Gasteiger partial charge is 0.390 e. The van der Waals surface area contributed by atoms with Gasteiger partial charge in [0.05, 0.1) is 19.0 Å². The highest BCUT2D eigenvalue weighted by Gasteiger charge is 2.43. The average Bonchev–Trinajstić information content (AvgIpc) is 3.35. The zero-order chi connectivity index (χ0) is 28.1. The first-order chi connectivity index (χ1) is 17.7. The van der Waals surface area contributed by atoms with Crippen molar-refractivity contribution in [1.82, 2.24) is 19.5 Å². The lowest BCUT2D eigenvalue weighted by atomic mass is 10.2. The number of aromatic nitrogens is 4. The topological polar surface area (TPSA) is 291 Å². The zero-order valence-electron chi connectivity index (χ0n) is 19.7. The van der Waals surface area contributed by atoms with Crippen molar-refractivity contribution in [3.63, 3.8) is 0 Å². The Balaban J connectivity index is 1.64. The van der Waals surface area contributed by atoms with Crippen molar-refractivity contribution in [2.45, 2.75) is 50.5 Å². The Kier molecular flexibility index (Phi) is 10.4. The molecule has 2 unspecified atom stereocenters. The summed E-state index contributed by atoms with van der Waals surface area (Å²) in [5.41, 5.74) is 5.30. The zero-order valence-corrected chi connectivity index (χ0v) is 22.4. The molecule has 216 valence electrons. The minimum absolute atomic E-state index is 0.0751. The van der Waals surface area contributed by atoms with Gasteiger partial charge in [-0.25, -0.2) is 23.5 Å². The van der Waals surface area contributed by atoms with Gasteiger partial charge in [-0.15, -0.1) is 0 Å². The summed E-state index contributed by atoms with van der Waals surface area (Å²) in [6.07, 6.45) is 1.51. The van der Waals surface area contributed by atoms with Crippen LogP contribution in [0.1, 0.15) is 38.3 Å². The van der Waals surface area contributed by atoms with Crippen LogP contribution in [0.2, 0.25) is 0 Å². The Hall–Kier alpha value is -1.56. The molecule has 0 spiro atoms. The molecule has 0 aromatic carbocycles. The van der Waals surface area contributed by atoms with Crippen LogP contribution in [0.3, 0.4) is 0 Å². The number of nitrogens with one attached hydrogen (secondary N) is 2. The molecule has 2 aromatic rings. The first-order valence-electron chi connectivity index (χ1n) is 11.2. The second-order valence-corrected chi connectivity index (χ2v) is 12.6. The van der Waals surface area contributed by atoms with Gasteiger partial charge in [-0.1, -0.05) is 12.8 Å². The number of aromatic amines is 1. The molecule has 38 heavy (non-hydrogen) atoms. The normalized spacial score (nSPS) is 23.4. The number of anilines is 1. The molecule has 3 rings (SSSR count). The largest absolute Gasteiger partial charge is 0.490 e. The van der Waals surface area contributed by atoms with E-state index in [1.54, 1.807) is 0 Å². The number of hydrogen-bond donors (Lipinski definition) is 8. The maximum Gasteiger partial charge on any atom is 0.490 e. The molecule has 1 aliphatic rings. The predicted octanol–water partition coefficient (Wildman–Crippen LogP) is 0.0423. The molecule has 3 heterocycles. The van der Waals surface area contributed by atoms with E-state index >= 15 is 0 Å². The third kappa shape index (κ3) is 8.99. The number of phosphoric ester groups is 1. The van der Waals surface area contributed by atoms with Gasteiger partial charge in [-0.3, -0.25) is 14.1 Å². The minimum atomic E-state index is -5.69. The van der Waals surface area contributed by atoms with Crippen LogP contribution in [0.25, 0.3) is 11.2 Å². The van der Waals surface area contributed by atoms with Crippen LogP contribution in [-0.4, -0.2) is 76.1 Å². The molecule has 0 radical (unpaired) electrons. The van der Waals surface area contributed by atoms with Gasteiger partial charge in [0.25, 0.3) is 0 Å². The molecule has 19 nitrogen and oxygen atoms in total. The number of phosphoric acid groups is 3. The second kappa shape index (κ2) is 12.7. The molecule has 0 saturated carbocycles. The fraction of sp³-hybridized carbons (Fsp3) is 0.688. The number of ether oxygens (including phenoxy) is 1. The molecular formula is C16H29N6O13P3. The molecule has 0 aliphatic carbocycles. The van der Waals surface area contributed by atoms with E-state index in [0.717, 1.165) is 25.7 Å². The van der Waals surface area contributed by atoms with Gasteiger partial charge in [0.1, 0.15) is 23.7 Å². The Morgan fingerprint density at radius 2 is 1.84 bits per heavy atom. The van der Waals surface area contributed by atoms with E-state index in [0.29, 0.717) is 24.4 Å². The minimum Gasteiger partial charge on any atom is -0.390 e. The Bertz CT molecular complexity index is 1300. The van der Waals surface area contributed by atoms with Crippen molar-refractivity contribution in [3.05, 3.63) is 16.8 Å². The number of nitrogens with zero attached hydrogens (tertiary/aromatic N) is 3. The number of fused-ring (bicyclic) bond motifs is 1. The van der Waals surface area contributed by atoms with E-state index in [4.69, 9.17) is 20.3 Å². The first kappa shape index (κ1) is 31.0. The molecule has 1 fully saturated rings. The summed E-state index contributed by atoms with van der Waals surface area (Å²) in [6, 6.07) is 0. The van der Waals surface area contributed by atoms with Crippen LogP contribution in [0.5, 0.6) is 0 Å². The van der Waals surface area contributed by atoms with Gasteiger partial charge in [0, 0.05) is 13.0 Å². The Morgan fingerprint density at radius 3 is 2.53 bits per heavy atom. The highest BCUT2D eigenvalue weighted by atomic mass is 31.3. The van der Waals surface area contributed by atoms with E-state index in [9.17, 15) is 33.4 Å². The van der Waals surface area contributed by atoms with Crippen molar-refractivity contribution in [3.8, 4) is 0 Å². The maximum atomic E-state index is 12.1. The quantitative estimate of drug-likeness (QED) is 0.0980. The SMILES string of the molecule is NCCCCCCNc1[nH]c(=O)nc2c1ncn2[C@H]1C[C@H](O)[C@@H](COP(=O)(O)OP(=O)(O)OP(=O)(O)O)O1. The molecule has 2 aromatic heterocycles. The van der Waals surface area contributed by atoms with Crippen LogP contribution in [-0.2, 0) is 31.6 Å².